The average Bonchev–Trinajstić information content (AvgIpc) is 2.97. The molecule has 0 aliphatic carbocycles. The number of thiazole rings is 1. The van der Waals surface area contributed by atoms with E-state index in [1.807, 2.05) is 34.5 Å². The molecular weight excluding hydrogens is 304 g/mol. The van der Waals surface area contributed by atoms with E-state index in [-0.39, 0.29) is 5.91 Å². The van der Waals surface area contributed by atoms with Gasteiger partial charge >= 0.3 is 0 Å². The van der Waals surface area contributed by atoms with Crippen molar-refractivity contribution < 1.29 is 4.79 Å². The first kappa shape index (κ1) is 14.5. The third-order valence-electron chi connectivity index (χ3n) is 3.68. The van der Waals surface area contributed by atoms with Crippen molar-refractivity contribution in [3.63, 3.8) is 0 Å². The Morgan fingerprint density at radius 1 is 1.19 bits per heavy atom. The van der Waals surface area contributed by atoms with E-state index in [0.29, 0.717) is 6.42 Å². The highest BCUT2D eigenvalue weighted by atomic mass is 35.5. The molecule has 1 amide bonds. The number of piperidine rings is 1. The Bertz CT molecular complexity index is 617. The van der Waals surface area contributed by atoms with Crippen LogP contribution < -0.4 is 0 Å². The van der Waals surface area contributed by atoms with Gasteiger partial charge in [-0.15, -0.1) is 11.3 Å². The number of rotatable bonds is 3. The molecule has 0 bridgehead atoms. The van der Waals surface area contributed by atoms with Gasteiger partial charge in [0.15, 0.2) is 0 Å². The van der Waals surface area contributed by atoms with Crippen LogP contribution >= 0.6 is 22.9 Å². The second-order valence-electron chi connectivity index (χ2n) is 5.27. The largest absolute Gasteiger partial charge is 0.342 e. The molecule has 5 heteroatoms. The van der Waals surface area contributed by atoms with E-state index in [2.05, 4.69) is 4.98 Å². The van der Waals surface area contributed by atoms with Crippen LogP contribution in [0.2, 0.25) is 5.02 Å². The molecule has 1 aromatic carbocycles. The average molecular weight is 321 g/mol. The van der Waals surface area contributed by atoms with Crippen LogP contribution in [0.1, 0.15) is 25.0 Å². The van der Waals surface area contributed by atoms with Crippen molar-refractivity contribution in [1.29, 1.82) is 0 Å². The Kier molecular flexibility index (Phi) is 4.56. The quantitative estimate of drug-likeness (QED) is 0.855. The van der Waals surface area contributed by atoms with Crippen molar-refractivity contribution in [1.82, 2.24) is 9.88 Å². The topological polar surface area (TPSA) is 33.2 Å². The SMILES string of the molecule is O=C(Cc1csc(-c2ccc(Cl)cc2)n1)N1CCCCC1. The molecule has 3 rings (SSSR count). The van der Waals surface area contributed by atoms with Gasteiger partial charge in [-0.05, 0) is 31.4 Å². The fourth-order valence-electron chi connectivity index (χ4n) is 2.52. The highest BCUT2D eigenvalue weighted by molar-refractivity contribution is 7.13. The van der Waals surface area contributed by atoms with Gasteiger partial charge in [-0.25, -0.2) is 4.98 Å². The number of aromatic nitrogens is 1. The summed E-state index contributed by atoms with van der Waals surface area (Å²) >= 11 is 7.46. The van der Waals surface area contributed by atoms with Crippen LogP contribution in [0.15, 0.2) is 29.6 Å². The minimum atomic E-state index is 0.197. The summed E-state index contributed by atoms with van der Waals surface area (Å²) in [5.41, 5.74) is 1.90. The minimum absolute atomic E-state index is 0.197. The molecule has 1 aliphatic rings. The van der Waals surface area contributed by atoms with Gasteiger partial charge in [-0.2, -0.15) is 0 Å². The zero-order valence-electron chi connectivity index (χ0n) is 11.7. The number of hydrogen-bond donors (Lipinski definition) is 0. The van der Waals surface area contributed by atoms with E-state index < -0.39 is 0 Å². The van der Waals surface area contributed by atoms with Gasteiger partial charge in [0.2, 0.25) is 5.91 Å². The van der Waals surface area contributed by atoms with Crippen LogP contribution in [0.4, 0.5) is 0 Å². The minimum Gasteiger partial charge on any atom is -0.342 e. The molecule has 1 aromatic heterocycles. The Morgan fingerprint density at radius 2 is 1.90 bits per heavy atom. The standard InChI is InChI=1S/C16H17ClN2OS/c17-13-6-4-12(5-7-13)16-18-14(11-21-16)10-15(20)19-8-2-1-3-9-19/h4-7,11H,1-3,8-10H2. The summed E-state index contributed by atoms with van der Waals surface area (Å²) in [4.78, 5) is 18.8. The van der Waals surface area contributed by atoms with E-state index in [1.165, 1.54) is 6.42 Å². The van der Waals surface area contributed by atoms with Crippen molar-refractivity contribution >= 4 is 28.8 Å². The lowest BCUT2D eigenvalue weighted by atomic mass is 10.1. The van der Waals surface area contributed by atoms with Crippen molar-refractivity contribution in [3.05, 3.63) is 40.4 Å². The van der Waals surface area contributed by atoms with E-state index in [9.17, 15) is 4.79 Å². The van der Waals surface area contributed by atoms with Crippen LogP contribution in [0, 0.1) is 0 Å². The predicted octanol–water partition coefficient (Wildman–Crippen LogP) is 4.02. The van der Waals surface area contributed by atoms with E-state index in [1.54, 1.807) is 11.3 Å². The molecule has 0 unspecified atom stereocenters. The van der Waals surface area contributed by atoms with Crippen LogP contribution in [-0.2, 0) is 11.2 Å². The normalized spacial score (nSPS) is 15.2. The zero-order chi connectivity index (χ0) is 14.7. The molecule has 1 aliphatic heterocycles. The molecule has 0 saturated carbocycles. The number of nitrogens with zero attached hydrogens (tertiary/aromatic N) is 2. The Labute approximate surface area is 133 Å². The first-order chi connectivity index (χ1) is 10.2. The van der Waals surface area contributed by atoms with Gasteiger partial charge in [0.1, 0.15) is 5.01 Å². The van der Waals surface area contributed by atoms with Gasteiger partial charge in [0, 0.05) is 29.1 Å². The summed E-state index contributed by atoms with van der Waals surface area (Å²) in [5, 5.41) is 3.63. The lowest BCUT2D eigenvalue weighted by Gasteiger charge is -2.26. The van der Waals surface area contributed by atoms with Crippen LogP contribution in [0.25, 0.3) is 10.6 Å². The fourth-order valence-corrected chi connectivity index (χ4v) is 3.48. The van der Waals surface area contributed by atoms with E-state index in [4.69, 9.17) is 11.6 Å². The Balaban J connectivity index is 1.67. The lowest BCUT2D eigenvalue weighted by Crippen LogP contribution is -2.36. The molecule has 3 nitrogen and oxygen atoms in total. The summed E-state index contributed by atoms with van der Waals surface area (Å²) in [6.07, 6.45) is 3.89. The third-order valence-corrected chi connectivity index (χ3v) is 4.88. The van der Waals surface area contributed by atoms with Crippen LogP contribution in [0.5, 0.6) is 0 Å². The molecule has 0 atom stereocenters. The smallest absolute Gasteiger partial charge is 0.228 e. The fraction of sp³-hybridized carbons (Fsp3) is 0.375. The molecule has 0 spiro atoms. The summed E-state index contributed by atoms with van der Waals surface area (Å²) in [5.74, 6) is 0.197. The van der Waals surface area contributed by atoms with Crippen LogP contribution in [0.3, 0.4) is 0 Å². The molecule has 2 heterocycles. The molecule has 110 valence electrons. The number of halogens is 1. The van der Waals surface area contributed by atoms with Gasteiger partial charge in [0.05, 0.1) is 12.1 Å². The maximum Gasteiger partial charge on any atom is 0.228 e. The number of benzene rings is 1. The predicted molar refractivity (Wildman–Crippen MR) is 86.7 cm³/mol. The summed E-state index contributed by atoms with van der Waals surface area (Å²) in [6.45, 7) is 1.79. The van der Waals surface area contributed by atoms with Gasteiger partial charge in [0.25, 0.3) is 0 Å². The number of amides is 1. The Hall–Kier alpha value is -1.39. The lowest BCUT2D eigenvalue weighted by molar-refractivity contribution is -0.131. The molecule has 21 heavy (non-hydrogen) atoms. The molecule has 1 saturated heterocycles. The van der Waals surface area contributed by atoms with Gasteiger partial charge in [-0.1, -0.05) is 23.7 Å². The third kappa shape index (κ3) is 3.63. The maximum absolute atomic E-state index is 12.2. The van der Waals surface area contributed by atoms with Crippen LogP contribution in [-0.4, -0.2) is 28.9 Å². The molecule has 0 N–H and O–H groups in total. The van der Waals surface area contributed by atoms with Crippen molar-refractivity contribution in [2.75, 3.05) is 13.1 Å². The number of likely N-dealkylation sites (tertiary alicyclic amines) is 1. The van der Waals surface area contributed by atoms with E-state index in [0.717, 1.165) is 47.2 Å². The second kappa shape index (κ2) is 6.58. The van der Waals surface area contributed by atoms with Crippen molar-refractivity contribution in [3.8, 4) is 10.6 Å². The monoisotopic (exact) mass is 320 g/mol. The number of hydrogen-bond acceptors (Lipinski definition) is 3. The zero-order valence-corrected chi connectivity index (χ0v) is 13.3. The first-order valence-corrected chi connectivity index (χ1v) is 8.46. The summed E-state index contributed by atoms with van der Waals surface area (Å²) in [7, 11) is 0. The summed E-state index contributed by atoms with van der Waals surface area (Å²) in [6, 6.07) is 7.63. The summed E-state index contributed by atoms with van der Waals surface area (Å²) < 4.78 is 0. The highest BCUT2D eigenvalue weighted by Gasteiger charge is 2.18. The van der Waals surface area contributed by atoms with Crippen molar-refractivity contribution in [2.24, 2.45) is 0 Å². The molecular formula is C16H17ClN2OS. The first-order valence-electron chi connectivity index (χ1n) is 7.20. The molecule has 2 aromatic rings. The van der Waals surface area contributed by atoms with Crippen molar-refractivity contribution in [2.45, 2.75) is 25.7 Å². The second-order valence-corrected chi connectivity index (χ2v) is 6.56. The highest BCUT2D eigenvalue weighted by Crippen LogP contribution is 2.25. The maximum atomic E-state index is 12.2. The van der Waals surface area contributed by atoms with Gasteiger partial charge in [-0.3, -0.25) is 4.79 Å². The number of carbonyl (C=O) groups is 1. The van der Waals surface area contributed by atoms with Gasteiger partial charge < -0.3 is 4.90 Å². The molecule has 1 fully saturated rings. The number of carbonyl (C=O) groups excluding carboxylic acids is 1. The van der Waals surface area contributed by atoms with E-state index >= 15 is 0 Å². The Morgan fingerprint density at radius 3 is 2.62 bits per heavy atom. The molecule has 0 radical (unpaired) electrons.